The van der Waals surface area contributed by atoms with Crippen LogP contribution in [0.2, 0.25) is 0 Å². The van der Waals surface area contributed by atoms with Gasteiger partial charge in [-0.2, -0.15) is 0 Å². The predicted molar refractivity (Wildman–Crippen MR) is 103 cm³/mol. The van der Waals surface area contributed by atoms with Crippen molar-refractivity contribution in [1.82, 2.24) is 4.98 Å². The van der Waals surface area contributed by atoms with E-state index in [4.69, 9.17) is 10.5 Å². The highest BCUT2D eigenvalue weighted by Gasteiger charge is 2.21. The fraction of sp³-hybridized carbons (Fsp3) is 0.105. The van der Waals surface area contributed by atoms with Gasteiger partial charge in [-0.25, -0.2) is 9.78 Å². The van der Waals surface area contributed by atoms with Crippen LogP contribution in [0.1, 0.15) is 31.3 Å². The highest BCUT2D eigenvalue weighted by atomic mass is 32.1. The Balaban J connectivity index is 1.79. The molecule has 0 saturated carbocycles. The molecule has 0 fully saturated rings. The van der Waals surface area contributed by atoms with Gasteiger partial charge in [0.1, 0.15) is 16.5 Å². The maximum Gasteiger partial charge on any atom is 0.350 e. The molecule has 1 heterocycles. The zero-order valence-electron chi connectivity index (χ0n) is 14.7. The Hall–Kier alpha value is -3.59. The van der Waals surface area contributed by atoms with Crippen LogP contribution in [-0.4, -0.2) is 21.8 Å². The average molecular weight is 397 g/mol. The standard InChI is InChI=1S/C19H15N3O5S/c1-11-16(28-18(21-11)12-5-3-2-4-6-12)19(24)27-10-14-8-7-13(17(20)23)9-15(14)22(25)26/h2-9H,10H2,1H3,(H2,20,23). The van der Waals surface area contributed by atoms with Gasteiger partial charge in [0, 0.05) is 17.2 Å². The third-order valence-electron chi connectivity index (χ3n) is 3.93. The van der Waals surface area contributed by atoms with E-state index >= 15 is 0 Å². The normalized spacial score (nSPS) is 10.5. The zero-order valence-corrected chi connectivity index (χ0v) is 15.6. The third-order valence-corrected chi connectivity index (χ3v) is 5.11. The first-order valence-electron chi connectivity index (χ1n) is 8.14. The van der Waals surface area contributed by atoms with Crippen LogP contribution in [0.4, 0.5) is 5.69 Å². The van der Waals surface area contributed by atoms with Gasteiger partial charge in [-0.3, -0.25) is 14.9 Å². The molecular weight excluding hydrogens is 382 g/mol. The van der Waals surface area contributed by atoms with Crippen LogP contribution in [0.15, 0.2) is 48.5 Å². The first kappa shape index (κ1) is 19.2. The maximum absolute atomic E-state index is 12.4. The number of nitrogens with zero attached hydrogens (tertiary/aromatic N) is 2. The highest BCUT2D eigenvalue weighted by Crippen LogP contribution is 2.29. The molecule has 0 atom stereocenters. The van der Waals surface area contributed by atoms with Crippen LogP contribution < -0.4 is 5.73 Å². The molecule has 2 N–H and O–H groups in total. The molecule has 1 amide bonds. The van der Waals surface area contributed by atoms with Gasteiger partial charge >= 0.3 is 5.97 Å². The van der Waals surface area contributed by atoms with Gasteiger partial charge in [-0.1, -0.05) is 30.3 Å². The Bertz CT molecular complexity index is 1060. The summed E-state index contributed by atoms with van der Waals surface area (Å²) in [6.45, 7) is 1.38. The van der Waals surface area contributed by atoms with Gasteiger partial charge in [0.05, 0.1) is 16.2 Å². The lowest BCUT2D eigenvalue weighted by molar-refractivity contribution is -0.385. The number of hydrogen-bond donors (Lipinski definition) is 1. The second kappa shape index (κ2) is 7.97. The van der Waals surface area contributed by atoms with Crippen LogP contribution in [-0.2, 0) is 11.3 Å². The van der Waals surface area contributed by atoms with Crippen LogP contribution in [0.5, 0.6) is 0 Å². The van der Waals surface area contributed by atoms with Crippen molar-refractivity contribution in [3.63, 3.8) is 0 Å². The molecule has 0 spiro atoms. The van der Waals surface area contributed by atoms with Crippen molar-refractivity contribution in [3.05, 3.63) is 80.3 Å². The number of carbonyl (C=O) groups is 2. The van der Waals surface area contributed by atoms with Crippen molar-refractivity contribution in [1.29, 1.82) is 0 Å². The Morgan fingerprint density at radius 2 is 1.93 bits per heavy atom. The Morgan fingerprint density at radius 3 is 2.57 bits per heavy atom. The summed E-state index contributed by atoms with van der Waals surface area (Å²) in [5, 5.41) is 11.9. The number of benzene rings is 2. The van der Waals surface area contributed by atoms with Gasteiger partial charge < -0.3 is 10.5 Å². The predicted octanol–water partition coefficient (Wildman–Crippen LogP) is 3.48. The minimum absolute atomic E-state index is 0.00702. The monoisotopic (exact) mass is 397 g/mol. The molecule has 0 radical (unpaired) electrons. The molecule has 142 valence electrons. The van der Waals surface area contributed by atoms with Crippen molar-refractivity contribution < 1.29 is 19.2 Å². The van der Waals surface area contributed by atoms with Gasteiger partial charge in [0.25, 0.3) is 5.69 Å². The summed E-state index contributed by atoms with van der Waals surface area (Å²) < 4.78 is 5.25. The molecule has 0 bridgehead atoms. The summed E-state index contributed by atoms with van der Waals surface area (Å²) in [5.41, 5.74) is 6.38. The number of hydrogen-bond acceptors (Lipinski definition) is 7. The summed E-state index contributed by atoms with van der Waals surface area (Å²) in [7, 11) is 0. The van der Waals surface area contributed by atoms with Crippen LogP contribution in [0, 0.1) is 17.0 Å². The number of thiazole rings is 1. The first-order valence-corrected chi connectivity index (χ1v) is 8.95. The lowest BCUT2D eigenvalue weighted by Gasteiger charge is -2.06. The number of amides is 1. The smallest absolute Gasteiger partial charge is 0.350 e. The van der Waals surface area contributed by atoms with Gasteiger partial charge in [0.2, 0.25) is 5.91 Å². The highest BCUT2D eigenvalue weighted by molar-refractivity contribution is 7.17. The van der Waals surface area contributed by atoms with Gasteiger partial charge in [-0.15, -0.1) is 11.3 Å². The second-order valence-electron chi connectivity index (χ2n) is 5.84. The number of carbonyl (C=O) groups excluding carboxylic acids is 2. The number of aromatic nitrogens is 1. The summed E-state index contributed by atoms with van der Waals surface area (Å²) in [6, 6.07) is 13.2. The molecule has 28 heavy (non-hydrogen) atoms. The van der Waals surface area contributed by atoms with E-state index in [9.17, 15) is 19.7 Å². The lowest BCUT2D eigenvalue weighted by Crippen LogP contribution is -2.12. The molecule has 8 nitrogen and oxygen atoms in total. The minimum Gasteiger partial charge on any atom is -0.456 e. The molecule has 0 unspecified atom stereocenters. The molecule has 9 heteroatoms. The van der Waals surface area contributed by atoms with Gasteiger partial charge in [0.15, 0.2) is 0 Å². The second-order valence-corrected chi connectivity index (χ2v) is 6.84. The Kier molecular flexibility index (Phi) is 5.46. The summed E-state index contributed by atoms with van der Waals surface area (Å²) in [5.74, 6) is -1.40. The van der Waals surface area contributed by atoms with Crippen LogP contribution >= 0.6 is 11.3 Å². The van der Waals surface area contributed by atoms with Gasteiger partial charge in [-0.05, 0) is 19.1 Å². The number of aryl methyl sites for hydroxylation is 1. The van der Waals surface area contributed by atoms with E-state index in [1.807, 2.05) is 30.3 Å². The summed E-state index contributed by atoms with van der Waals surface area (Å²) in [4.78, 5) is 38.9. The van der Waals surface area contributed by atoms with E-state index in [0.29, 0.717) is 15.6 Å². The number of nitro benzene ring substituents is 1. The fourth-order valence-corrected chi connectivity index (χ4v) is 3.47. The first-order chi connectivity index (χ1) is 13.4. The van der Waals surface area contributed by atoms with E-state index in [0.717, 1.165) is 11.6 Å². The molecule has 3 rings (SSSR count). The summed E-state index contributed by atoms with van der Waals surface area (Å²) >= 11 is 1.19. The van der Waals surface area contributed by atoms with Crippen molar-refractivity contribution >= 4 is 28.9 Å². The number of rotatable bonds is 6. The van der Waals surface area contributed by atoms with E-state index < -0.39 is 16.8 Å². The van der Waals surface area contributed by atoms with Crippen molar-refractivity contribution in [2.45, 2.75) is 13.5 Å². The number of primary amides is 1. The van der Waals surface area contributed by atoms with Crippen molar-refractivity contribution in [2.24, 2.45) is 5.73 Å². The number of esters is 1. The fourth-order valence-electron chi connectivity index (χ4n) is 2.51. The zero-order chi connectivity index (χ0) is 20.3. The van der Waals surface area contributed by atoms with E-state index in [-0.39, 0.29) is 23.4 Å². The number of nitro groups is 1. The van der Waals surface area contributed by atoms with Crippen LogP contribution in [0.25, 0.3) is 10.6 Å². The largest absolute Gasteiger partial charge is 0.456 e. The Morgan fingerprint density at radius 1 is 1.21 bits per heavy atom. The maximum atomic E-state index is 12.4. The molecule has 0 aliphatic carbocycles. The number of ether oxygens (including phenoxy) is 1. The van der Waals surface area contributed by atoms with Crippen molar-refractivity contribution in [2.75, 3.05) is 0 Å². The molecule has 0 aliphatic heterocycles. The minimum atomic E-state index is -0.777. The van der Waals surface area contributed by atoms with Crippen molar-refractivity contribution in [3.8, 4) is 10.6 Å². The molecule has 0 aliphatic rings. The third kappa shape index (κ3) is 4.04. The Labute approximate surface area is 163 Å². The average Bonchev–Trinajstić information content (AvgIpc) is 3.08. The van der Waals surface area contributed by atoms with Crippen LogP contribution in [0.3, 0.4) is 0 Å². The summed E-state index contributed by atoms with van der Waals surface area (Å²) in [6.07, 6.45) is 0. The molecule has 2 aromatic carbocycles. The SMILES string of the molecule is Cc1nc(-c2ccccc2)sc1C(=O)OCc1ccc(C(N)=O)cc1[N+](=O)[O-]. The topological polar surface area (TPSA) is 125 Å². The quantitative estimate of drug-likeness (QED) is 0.385. The molecule has 0 saturated heterocycles. The van der Waals surface area contributed by atoms with E-state index in [2.05, 4.69) is 4.98 Å². The van der Waals surface area contributed by atoms with E-state index in [1.54, 1.807) is 6.92 Å². The lowest BCUT2D eigenvalue weighted by atomic mass is 10.1. The molecule has 3 aromatic rings. The van der Waals surface area contributed by atoms with E-state index in [1.165, 1.54) is 23.5 Å². The number of nitrogens with two attached hydrogens (primary N) is 1. The molecule has 1 aromatic heterocycles. The molecular formula is C19H15N3O5S.